The molecule has 0 atom stereocenters. The van der Waals surface area contributed by atoms with Crippen LogP contribution in [-0.2, 0) is 13.1 Å². The van der Waals surface area contributed by atoms with E-state index in [1.807, 2.05) is 66.1 Å². The summed E-state index contributed by atoms with van der Waals surface area (Å²) >= 11 is 5.67. The molecule has 0 unspecified atom stereocenters. The lowest BCUT2D eigenvalue weighted by Crippen LogP contribution is -2.12. The van der Waals surface area contributed by atoms with Gasteiger partial charge in [-0.25, -0.2) is 9.07 Å². The smallest absolute Gasteiger partial charge is 0.203 e. The number of benzene rings is 3. The van der Waals surface area contributed by atoms with Gasteiger partial charge in [-0.05, 0) is 55.5 Å². The molecule has 0 bridgehead atoms. The van der Waals surface area contributed by atoms with Gasteiger partial charge in [0.15, 0.2) is 11.6 Å². The third kappa shape index (κ3) is 4.78. The first-order chi connectivity index (χ1) is 15.0. The van der Waals surface area contributed by atoms with E-state index in [4.69, 9.17) is 12.2 Å². The fraction of sp³-hybridized carbons (Fsp3) is 0.125. The number of carbonyl (C=O) groups is 1. The zero-order valence-corrected chi connectivity index (χ0v) is 17.8. The number of halogens is 1. The van der Waals surface area contributed by atoms with Crippen molar-refractivity contribution in [1.29, 1.82) is 0 Å². The van der Waals surface area contributed by atoms with Gasteiger partial charge in [-0.15, -0.1) is 0 Å². The molecule has 0 aliphatic rings. The number of anilines is 1. The molecule has 1 aromatic heterocycles. The van der Waals surface area contributed by atoms with Crippen molar-refractivity contribution < 1.29 is 9.18 Å². The van der Waals surface area contributed by atoms with Crippen molar-refractivity contribution in [3.8, 4) is 5.69 Å². The maximum Gasteiger partial charge on any atom is 0.203 e. The summed E-state index contributed by atoms with van der Waals surface area (Å²) in [7, 11) is 0. The zero-order valence-electron chi connectivity index (χ0n) is 17.0. The highest BCUT2D eigenvalue weighted by atomic mass is 32.1. The molecule has 1 heterocycles. The number of carbonyl (C=O) groups excluding carboxylic acids is 1. The van der Waals surface area contributed by atoms with E-state index < -0.39 is 0 Å². The number of aromatic nitrogens is 3. The standard InChI is InChI=1S/C24H21FN4OS/c1-17-7-9-18(10-8-17)22(30)16-28-24(31)29(21-5-3-2-4-6-21)23(27-28)15-26-20-13-11-19(25)12-14-20/h2-14,26H,15-16H2,1H3. The normalized spacial score (nSPS) is 10.8. The van der Waals surface area contributed by atoms with E-state index >= 15 is 0 Å². The highest BCUT2D eigenvalue weighted by Crippen LogP contribution is 2.16. The van der Waals surface area contributed by atoms with Gasteiger partial charge >= 0.3 is 0 Å². The number of ketones is 1. The molecule has 0 aliphatic carbocycles. The van der Waals surface area contributed by atoms with E-state index in [1.165, 1.54) is 12.1 Å². The Hall–Kier alpha value is -3.58. The average Bonchev–Trinajstić information content (AvgIpc) is 3.09. The summed E-state index contributed by atoms with van der Waals surface area (Å²) in [6, 6.07) is 23.2. The van der Waals surface area contributed by atoms with E-state index in [9.17, 15) is 9.18 Å². The van der Waals surface area contributed by atoms with Gasteiger partial charge < -0.3 is 5.32 Å². The fourth-order valence-electron chi connectivity index (χ4n) is 3.22. The number of nitrogens with one attached hydrogen (secondary N) is 1. The lowest BCUT2D eigenvalue weighted by Gasteiger charge is -2.08. The SMILES string of the molecule is Cc1ccc(C(=O)Cn2nc(CNc3ccc(F)cc3)n(-c3ccccc3)c2=S)cc1. The van der Waals surface area contributed by atoms with Gasteiger partial charge in [0.25, 0.3) is 0 Å². The maximum absolute atomic E-state index is 13.2. The van der Waals surface area contributed by atoms with E-state index in [2.05, 4.69) is 10.4 Å². The van der Waals surface area contributed by atoms with Gasteiger partial charge in [0.05, 0.1) is 6.54 Å². The van der Waals surface area contributed by atoms with Crippen LogP contribution in [0.5, 0.6) is 0 Å². The molecule has 0 radical (unpaired) electrons. The summed E-state index contributed by atoms with van der Waals surface area (Å²) in [5, 5.41) is 7.86. The van der Waals surface area contributed by atoms with Crippen molar-refractivity contribution in [2.45, 2.75) is 20.0 Å². The summed E-state index contributed by atoms with van der Waals surface area (Å²) in [6.07, 6.45) is 0. The zero-order chi connectivity index (χ0) is 21.8. The Balaban J connectivity index is 1.64. The Kier molecular flexibility index (Phi) is 6.04. The third-order valence-electron chi connectivity index (χ3n) is 4.88. The second kappa shape index (κ2) is 9.06. The minimum Gasteiger partial charge on any atom is -0.378 e. The number of para-hydroxylation sites is 1. The Morgan fingerprint density at radius 3 is 2.35 bits per heavy atom. The van der Waals surface area contributed by atoms with Crippen molar-refractivity contribution >= 4 is 23.7 Å². The first kappa shape index (κ1) is 20.7. The van der Waals surface area contributed by atoms with Crippen LogP contribution >= 0.6 is 12.2 Å². The fourth-order valence-corrected chi connectivity index (χ4v) is 3.54. The molecule has 4 aromatic rings. The summed E-state index contributed by atoms with van der Waals surface area (Å²) in [5.74, 6) is 0.292. The molecule has 0 spiro atoms. The summed E-state index contributed by atoms with van der Waals surface area (Å²) in [6.45, 7) is 2.38. The van der Waals surface area contributed by atoms with Crippen molar-refractivity contribution in [2.24, 2.45) is 0 Å². The van der Waals surface area contributed by atoms with E-state index in [-0.39, 0.29) is 18.1 Å². The van der Waals surface area contributed by atoms with Gasteiger partial charge in [0, 0.05) is 16.9 Å². The van der Waals surface area contributed by atoms with Crippen LogP contribution in [0.4, 0.5) is 10.1 Å². The first-order valence-electron chi connectivity index (χ1n) is 9.85. The summed E-state index contributed by atoms with van der Waals surface area (Å²) in [4.78, 5) is 12.8. The minimum absolute atomic E-state index is 0.0469. The molecular weight excluding hydrogens is 411 g/mol. The molecule has 3 aromatic carbocycles. The van der Waals surface area contributed by atoms with Gasteiger partial charge in [0.1, 0.15) is 12.4 Å². The third-order valence-corrected chi connectivity index (χ3v) is 5.28. The molecule has 156 valence electrons. The number of rotatable bonds is 7. The largest absolute Gasteiger partial charge is 0.378 e. The molecule has 5 nitrogen and oxygen atoms in total. The second-order valence-corrected chi connectivity index (χ2v) is 7.54. The quantitative estimate of drug-likeness (QED) is 0.316. The van der Waals surface area contributed by atoms with Gasteiger partial charge in [0.2, 0.25) is 4.77 Å². The minimum atomic E-state index is -0.295. The highest BCUT2D eigenvalue weighted by molar-refractivity contribution is 7.71. The lowest BCUT2D eigenvalue weighted by molar-refractivity contribution is 0.0967. The molecular formula is C24H21FN4OS. The van der Waals surface area contributed by atoms with Crippen LogP contribution < -0.4 is 5.32 Å². The molecule has 0 fully saturated rings. The van der Waals surface area contributed by atoms with Gasteiger partial charge in [-0.3, -0.25) is 9.36 Å². The number of hydrogen-bond acceptors (Lipinski definition) is 4. The maximum atomic E-state index is 13.2. The second-order valence-electron chi connectivity index (χ2n) is 7.18. The van der Waals surface area contributed by atoms with Crippen LogP contribution in [0.3, 0.4) is 0 Å². The number of Topliss-reactive ketones (excluding diaryl/α,β-unsaturated/α-hetero) is 1. The van der Waals surface area contributed by atoms with Crippen LogP contribution in [0, 0.1) is 17.5 Å². The van der Waals surface area contributed by atoms with E-state index in [1.54, 1.807) is 16.8 Å². The Labute approximate surface area is 184 Å². The number of nitrogens with zero attached hydrogens (tertiary/aromatic N) is 3. The van der Waals surface area contributed by atoms with E-state index in [0.29, 0.717) is 22.7 Å². The van der Waals surface area contributed by atoms with Crippen LogP contribution in [0.25, 0.3) is 5.69 Å². The number of hydrogen-bond donors (Lipinski definition) is 1. The van der Waals surface area contributed by atoms with Crippen molar-refractivity contribution in [3.05, 3.63) is 106 Å². The van der Waals surface area contributed by atoms with Crippen molar-refractivity contribution in [1.82, 2.24) is 14.3 Å². The molecule has 0 saturated heterocycles. The molecule has 0 aliphatic heterocycles. The summed E-state index contributed by atoms with van der Waals surface area (Å²) < 4.78 is 17.0. The van der Waals surface area contributed by atoms with Crippen LogP contribution in [0.15, 0.2) is 78.9 Å². The molecule has 31 heavy (non-hydrogen) atoms. The van der Waals surface area contributed by atoms with E-state index in [0.717, 1.165) is 16.9 Å². The van der Waals surface area contributed by atoms with Gasteiger partial charge in [-0.2, -0.15) is 5.10 Å². The summed E-state index contributed by atoms with van der Waals surface area (Å²) in [5.41, 5.74) is 3.33. The average molecular weight is 433 g/mol. The Morgan fingerprint density at radius 2 is 1.68 bits per heavy atom. The Bertz CT molecular complexity index is 1250. The Morgan fingerprint density at radius 1 is 1.00 bits per heavy atom. The van der Waals surface area contributed by atoms with Crippen molar-refractivity contribution in [3.63, 3.8) is 0 Å². The molecule has 1 N–H and O–H groups in total. The number of aryl methyl sites for hydroxylation is 1. The predicted octanol–water partition coefficient (Wildman–Crippen LogP) is 5.35. The molecule has 7 heteroatoms. The van der Waals surface area contributed by atoms with Crippen LogP contribution in [-0.4, -0.2) is 20.1 Å². The van der Waals surface area contributed by atoms with Gasteiger partial charge in [-0.1, -0.05) is 48.0 Å². The predicted molar refractivity (Wildman–Crippen MR) is 122 cm³/mol. The first-order valence-corrected chi connectivity index (χ1v) is 10.3. The molecule has 0 saturated carbocycles. The molecule has 0 amide bonds. The topological polar surface area (TPSA) is 51.9 Å². The molecule has 4 rings (SSSR count). The lowest BCUT2D eigenvalue weighted by atomic mass is 10.1. The van der Waals surface area contributed by atoms with Crippen LogP contribution in [0.1, 0.15) is 21.7 Å². The highest BCUT2D eigenvalue weighted by Gasteiger charge is 2.15. The monoisotopic (exact) mass is 432 g/mol. The van der Waals surface area contributed by atoms with Crippen molar-refractivity contribution in [2.75, 3.05) is 5.32 Å². The van der Waals surface area contributed by atoms with Crippen LogP contribution in [0.2, 0.25) is 0 Å².